The van der Waals surface area contributed by atoms with Gasteiger partial charge in [0.25, 0.3) is 5.91 Å². The molecule has 0 aliphatic heterocycles. The molecule has 3 rings (SSSR count). The van der Waals surface area contributed by atoms with Crippen molar-refractivity contribution < 1.29 is 14.3 Å². The zero-order valence-corrected chi connectivity index (χ0v) is 19.5. The van der Waals surface area contributed by atoms with E-state index in [1.54, 1.807) is 26.3 Å². The second-order valence-corrected chi connectivity index (χ2v) is 7.73. The normalized spacial score (nSPS) is 10.9. The van der Waals surface area contributed by atoms with Gasteiger partial charge in [0.05, 0.1) is 12.8 Å². The molecule has 0 spiro atoms. The van der Waals surface area contributed by atoms with Gasteiger partial charge in [-0.25, -0.2) is 10.4 Å². The van der Waals surface area contributed by atoms with Crippen LogP contribution in [-0.4, -0.2) is 35.4 Å². The van der Waals surface area contributed by atoms with Gasteiger partial charge in [0.2, 0.25) is 5.88 Å². The second kappa shape index (κ2) is 10.6. The Kier molecular flexibility index (Phi) is 7.59. The molecule has 0 fully saturated rings. The summed E-state index contributed by atoms with van der Waals surface area (Å²) in [6.45, 7) is 7.79. The molecule has 0 aliphatic rings. The molecule has 0 radical (unpaired) electrons. The molecule has 33 heavy (non-hydrogen) atoms. The van der Waals surface area contributed by atoms with E-state index < -0.39 is 5.91 Å². The number of nitrogens with zero attached hydrogens (tertiary/aromatic N) is 4. The lowest BCUT2D eigenvalue weighted by atomic mass is 10.1. The van der Waals surface area contributed by atoms with Crippen LogP contribution >= 0.6 is 0 Å². The lowest BCUT2D eigenvalue weighted by Gasteiger charge is -2.10. The molecule has 0 atom stereocenters. The van der Waals surface area contributed by atoms with Crippen molar-refractivity contribution in [3.05, 3.63) is 75.7 Å². The first kappa shape index (κ1) is 23.7. The third-order valence-corrected chi connectivity index (χ3v) is 5.10. The van der Waals surface area contributed by atoms with Gasteiger partial charge >= 0.3 is 0 Å². The largest absolute Gasteiger partial charge is 0.467 e. The number of aryl methyl sites for hydroxylation is 3. The van der Waals surface area contributed by atoms with E-state index in [4.69, 9.17) is 9.47 Å². The summed E-state index contributed by atoms with van der Waals surface area (Å²) in [5.41, 5.74) is 9.27. The van der Waals surface area contributed by atoms with E-state index in [2.05, 4.69) is 57.3 Å². The standard InChI is InChI=1S/C25H27N5O3/c1-16-6-8-22(9-7-16)30-18(3)11-20(19(30)4)13-27-29-24(31)15-33-25-23(12-26)21(14-32-5)10-17(2)28-25/h6-11,13H,14-15H2,1-5H3,(H,29,31)/b27-13-. The van der Waals surface area contributed by atoms with E-state index in [9.17, 15) is 10.1 Å². The minimum Gasteiger partial charge on any atom is -0.467 e. The van der Waals surface area contributed by atoms with Crippen LogP contribution in [0.5, 0.6) is 5.88 Å². The van der Waals surface area contributed by atoms with E-state index in [1.165, 1.54) is 5.56 Å². The molecule has 1 aromatic carbocycles. The Morgan fingerprint density at radius 3 is 2.61 bits per heavy atom. The Balaban J connectivity index is 1.65. The van der Waals surface area contributed by atoms with Gasteiger partial charge in [-0.15, -0.1) is 0 Å². The number of nitriles is 1. The highest BCUT2D eigenvalue weighted by Gasteiger charge is 2.14. The Labute approximate surface area is 193 Å². The van der Waals surface area contributed by atoms with Crippen LogP contribution in [0, 0.1) is 39.0 Å². The highest BCUT2D eigenvalue weighted by atomic mass is 16.5. The molecule has 8 nitrogen and oxygen atoms in total. The Hall–Kier alpha value is -3.96. The van der Waals surface area contributed by atoms with E-state index in [-0.39, 0.29) is 24.7 Å². The zero-order chi connectivity index (χ0) is 24.0. The van der Waals surface area contributed by atoms with E-state index in [0.717, 1.165) is 22.6 Å². The van der Waals surface area contributed by atoms with Gasteiger partial charge in [-0.2, -0.15) is 10.4 Å². The van der Waals surface area contributed by atoms with E-state index in [0.29, 0.717) is 11.3 Å². The second-order valence-electron chi connectivity index (χ2n) is 7.73. The number of hydrogen-bond acceptors (Lipinski definition) is 6. The number of benzene rings is 1. The Morgan fingerprint density at radius 1 is 1.21 bits per heavy atom. The zero-order valence-electron chi connectivity index (χ0n) is 19.5. The summed E-state index contributed by atoms with van der Waals surface area (Å²) >= 11 is 0. The molecule has 2 aromatic heterocycles. The minimum absolute atomic E-state index is 0.102. The smallest absolute Gasteiger partial charge is 0.278 e. The van der Waals surface area contributed by atoms with Crippen molar-refractivity contribution in [2.75, 3.05) is 13.7 Å². The highest BCUT2D eigenvalue weighted by molar-refractivity contribution is 5.84. The van der Waals surface area contributed by atoms with Crippen molar-refractivity contribution in [2.24, 2.45) is 5.10 Å². The first-order valence-electron chi connectivity index (χ1n) is 10.4. The summed E-state index contributed by atoms with van der Waals surface area (Å²) in [5.74, 6) is -0.357. The first-order valence-corrected chi connectivity index (χ1v) is 10.4. The summed E-state index contributed by atoms with van der Waals surface area (Å²) < 4.78 is 12.8. The number of ether oxygens (including phenoxy) is 2. The number of pyridine rings is 1. The van der Waals surface area contributed by atoms with Crippen LogP contribution in [0.3, 0.4) is 0 Å². The first-order chi connectivity index (χ1) is 15.8. The number of aromatic nitrogens is 2. The maximum atomic E-state index is 12.2. The molecule has 0 bridgehead atoms. The molecule has 1 amide bonds. The van der Waals surface area contributed by atoms with E-state index in [1.807, 2.05) is 19.9 Å². The molecule has 0 saturated carbocycles. The number of carbonyl (C=O) groups excluding carboxylic acids is 1. The molecular formula is C25H27N5O3. The number of methoxy groups -OCH3 is 1. The molecule has 2 heterocycles. The van der Waals surface area contributed by atoms with Gasteiger partial charge in [0, 0.05) is 41.0 Å². The summed E-state index contributed by atoms with van der Waals surface area (Å²) in [7, 11) is 1.54. The molecule has 0 unspecified atom stereocenters. The van der Waals surface area contributed by atoms with Crippen LogP contribution in [0.4, 0.5) is 0 Å². The van der Waals surface area contributed by atoms with Crippen molar-refractivity contribution in [3.63, 3.8) is 0 Å². The van der Waals surface area contributed by atoms with Gasteiger partial charge in [-0.1, -0.05) is 17.7 Å². The average molecular weight is 446 g/mol. The van der Waals surface area contributed by atoms with Crippen LogP contribution in [0.2, 0.25) is 0 Å². The van der Waals surface area contributed by atoms with Crippen LogP contribution in [-0.2, 0) is 16.1 Å². The number of hydrogen-bond donors (Lipinski definition) is 1. The van der Waals surface area contributed by atoms with Gasteiger partial charge in [0.15, 0.2) is 6.61 Å². The molecule has 0 aliphatic carbocycles. The minimum atomic E-state index is -0.459. The average Bonchev–Trinajstić information content (AvgIpc) is 3.06. The molecule has 170 valence electrons. The van der Waals surface area contributed by atoms with Gasteiger partial charge in [-0.05, 0) is 52.0 Å². The summed E-state index contributed by atoms with van der Waals surface area (Å²) in [6.07, 6.45) is 1.60. The monoisotopic (exact) mass is 445 g/mol. The fraction of sp³-hybridized carbons (Fsp3) is 0.280. The molecule has 3 aromatic rings. The predicted octanol–water partition coefficient (Wildman–Crippen LogP) is 3.65. The predicted molar refractivity (Wildman–Crippen MR) is 126 cm³/mol. The number of amides is 1. The lowest BCUT2D eigenvalue weighted by Crippen LogP contribution is -2.25. The SMILES string of the molecule is COCc1cc(C)nc(OCC(=O)N/N=C\c2cc(C)n(-c3ccc(C)cc3)c2C)c1C#N. The number of nitrogens with one attached hydrogen (secondary N) is 1. The van der Waals surface area contributed by atoms with Crippen LogP contribution in [0.1, 0.15) is 39.3 Å². The van der Waals surface area contributed by atoms with Crippen molar-refractivity contribution in [1.82, 2.24) is 15.0 Å². The summed E-state index contributed by atoms with van der Waals surface area (Å²) in [5, 5.41) is 13.5. The third kappa shape index (κ3) is 5.64. The fourth-order valence-electron chi connectivity index (χ4n) is 3.55. The number of carbonyl (C=O) groups is 1. The van der Waals surface area contributed by atoms with Gasteiger partial charge in [-0.3, -0.25) is 4.79 Å². The van der Waals surface area contributed by atoms with Crippen LogP contribution in [0.25, 0.3) is 5.69 Å². The van der Waals surface area contributed by atoms with Crippen molar-refractivity contribution in [3.8, 4) is 17.6 Å². The van der Waals surface area contributed by atoms with Gasteiger partial charge in [0.1, 0.15) is 11.6 Å². The summed E-state index contributed by atoms with van der Waals surface area (Å²) in [6, 6.07) is 14.1. The Morgan fingerprint density at radius 2 is 1.94 bits per heavy atom. The van der Waals surface area contributed by atoms with E-state index >= 15 is 0 Å². The summed E-state index contributed by atoms with van der Waals surface area (Å²) in [4.78, 5) is 16.4. The number of hydrazone groups is 1. The van der Waals surface area contributed by atoms with Crippen LogP contribution < -0.4 is 10.2 Å². The maximum absolute atomic E-state index is 12.2. The third-order valence-electron chi connectivity index (χ3n) is 5.10. The highest BCUT2D eigenvalue weighted by Crippen LogP contribution is 2.22. The topological polar surface area (TPSA) is 102 Å². The van der Waals surface area contributed by atoms with Crippen LogP contribution in [0.15, 0.2) is 41.5 Å². The molecule has 1 N–H and O–H groups in total. The maximum Gasteiger partial charge on any atom is 0.278 e. The number of rotatable bonds is 8. The van der Waals surface area contributed by atoms with Crippen molar-refractivity contribution in [1.29, 1.82) is 5.26 Å². The molecular weight excluding hydrogens is 418 g/mol. The van der Waals surface area contributed by atoms with Crippen molar-refractivity contribution in [2.45, 2.75) is 34.3 Å². The molecule has 8 heteroatoms. The quantitative estimate of drug-likeness (QED) is 0.421. The molecule has 0 saturated heterocycles. The van der Waals surface area contributed by atoms with Crippen molar-refractivity contribution >= 4 is 12.1 Å². The fourth-order valence-corrected chi connectivity index (χ4v) is 3.55. The lowest BCUT2D eigenvalue weighted by molar-refractivity contribution is -0.123. The Bertz CT molecular complexity index is 1220. The van der Waals surface area contributed by atoms with Gasteiger partial charge < -0.3 is 14.0 Å².